The van der Waals surface area contributed by atoms with Crippen LogP contribution in [0.3, 0.4) is 0 Å². The van der Waals surface area contributed by atoms with Crippen LogP contribution in [-0.4, -0.2) is 23.9 Å². The molecule has 0 aliphatic rings. The molecule has 1 amide bonds. The Bertz CT molecular complexity index is 333. The third-order valence-electron chi connectivity index (χ3n) is 2.44. The van der Waals surface area contributed by atoms with Crippen molar-refractivity contribution in [2.45, 2.75) is 18.2 Å². The van der Waals surface area contributed by atoms with E-state index in [0.29, 0.717) is 6.42 Å². The number of thioether (sulfide) groups is 1. The second kappa shape index (κ2) is 6.55. The van der Waals surface area contributed by atoms with Crippen LogP contribution in [0.1, 0.15) is 13.3 Å². The molecule has 0 heterocycles. The minimum atomic E-state index is -0.319. The van der Waals surface area contributed by atoms with Gasteiger partial charge in [0.15, 0.2) is 0 Å². The fourth-order valence-electron chi connectivity index (χ4n) is 1.32. The van der Waals surface area contributed by atoms with Crippen molar-refractivity contribution >= 4 is 23.4 Å². The molecular weight excluding hydrogens is 222 g/mol. The van der Waals surface area contributed by atoms with Crippen molar-refractivity contribution in [1.29, 1.82) is 0 Å². The van der Waals surface area contributed by atoms with Gasteiger partial charge in [-0.25, -0.2) is 0 Å². The zero-order valence-electron chi connectivity index (χ0n) is 9.56. The molecule has 0 fully saturated rings. The van der Waals surface area contributed by atoms with Gasteiger partial charge in [-0.2, -0.15) is 0 Å². The number of carbonyl (C=O) groups excluding carboxylic acids is 1. The Balaban J connectivity index is 2.62. The van der Waals surface area contributed by atoms with Gasteiger partial charge in [0, 0.05) is 10.6 Å². The van der Waals surface area contributed by atoms with Crippen molar-refractivity contribution in [3.05, 3.63) is 24.3 Å². The standard InChI is InChI=1S/C12H17NO2S/c1-3-9(8-14)12(15)13-10-4-6-11(16-2)7-5-10/h4-7,9,14H,3,8H2,1-2H3,(H,13,15). The van der Waals surface area contributed by atoms with Gasteiger partial charge in [0.2, 0.25) is 5.91 Å². The van der Waals surface area contributed by atoms with Gasteiger partial charge in [-0.15, -0.1) is 11.8 Å². The highest BCUT2D eigenvalue weighted by molar-refractivity contribution is 7.98. The molecule has 1 aromatic carbocycles. The zero-order chi connectivity index (χ0) is 12.0. The molecule has 1 atom stereocenters. The number of anilines is 1. The molecule has 2 N–H and O–H groups in total. The van der Waals surface area contributed by atoms with Crippen molar-refractivity contribution in [2.75, 3.05) is 18.2 Å². The predicted molar refractivity (Wildman–Crippen MR) is 67.7 cm³/mol. The molecule has 0 aromatic heterocycles. The lowest BCUT2D eigenvalue weighted by atomic mass is 10.1. The molecule has 0 saturated heterocycles. The van der Waals surface area contributed by atoms with E-state index < -0.39 is 0 Å². The van der Waals surface area contributed by atoms with Gasteiger partial charge in [-0.05, 0) is 36.9 Å². The van der Waals surface area contributed by atoms with Gasteiger partial charge < -0.3 is 10.4 Å². The van der Waals surface area contributed by atoms with E-state index in [1.807, 2.05) is 37.4 Å². The van der Waals surface area contributed by atoms with E-state index in [1.54, 1.807) is 11.8 Å². The largest absolute Gasteiger partial charge is 0.396 e. The Morgan fingerprint density at radius 3 is 2.50 bits per heavy atom. The summed E-state index contributed by atoms with van der Waals surface area (Å²) in [7, 11) is 0. The minimum Gasteiger partial charge on any atom is -0.396 e. The summed E-state index contributed by atoms with van der Waals surface area (Å²) in [5.74, 6) is -0.442. The van der Waals surface area contributed by atoms with Crippen LogP contribution in [0.15, 0.2) is 29.2 Å². The van der Waals surface area contributed by atoms with Crippen LogP contribution in [0.5, 0.6) is 0 Å². The fourth-order valence-corrected chi connectivity index (χ4v) is 1.72. The molecule has 88 valence electrons. The summed E-state index contributed by atoms with van der Waals surface area (Å²) in [5.41, 5.74) is 0.773. The maximum absolute atomic E-state index is 11.7. The molecule has 0 bridgehead atoms. The van der Waals surface area contributed by atoms with Crippen LogP contribution in [0.4, 0.5) is 5.69 Å². The number of hydrogen-bond acceptors (Lipinski definition) is 3. The van der Waals surface area contributed by atoms with Crippen LogP contribution in [-0.2, 0) is 4.79 Å². The summed E-state index contributed by atoms with van der Waals surface area (Å²) in [6, 6.07) is 7.65. The first-order valence-electron chi connectivity index (χ1n) is 5.27. The highest BCUT2D eigenvalue weighted by Crippen LogP contribution is 2.18. The average Bonchev–Trinajstić information content (AvgIpc) is 2.31. The zero-order valence-corrected chi connectivity index (χ0v) is 10.4. The molecule has 1 aromatic rings. The number of aliphatic hydroxyl groups excluding tert-OH is 1. The van der Waals surface area contributed by atoms with Gasteiger partial charge in [-0.3, -0.25) is 4.79 Å². The van der Waals surface area contributed by atoms with E-state index in [1.165, 1.54) is 0 Å². The minimum absolute atomic E-state index is 0.106. The number of nitrogens with one attached hydrogen (secondary N) is 1. The van der Waals surface area contributed by atoms with Crippen LogP contribution < -0.4 is 5.32 Å². The smallest absolute Gasteiger partial charge is 0.229 e. The lowest BCUT2D eigenvalue weighted by Gasteiger charge is -2.12. The van der Waals surface area contributed by atoms with Crippen LogP contribution in [0.25, 0.3) is 0 Å². The lowest BCUT2D eigenvalue weighted by Crippen LogP contribution is -2.24. The van der Waals surface area contributed by atoms with E-state index in [2.05, 4.69) is 5.32 Å². The number of hydrogen-bond donors (Lipinski definition) is 2. The molecule has 0 aliphatic carbocycles. The third-order valence-corrected chi connectivity index (χ3v) is 3.19. The van der Waals surface area contributed by atoms with Crippen molar-refractivity contribution in [1.82, 2.24) is 0 Å². The number of amides is 1. The summed E-state index contributed by atoms with van der Waals surface area (Å²) in [5, 5.41) is 11.8. The average molecular weight is 239 g/mol. The third kappa shape index (κ3) is 3.54. The molecule has 3 nitrogen and oxygen atoms in total. The highest BCUT2D eigenvalue weighted by Gasteiger charge is 2.14. The maximum atomic E-state index is 11.7. The molecule has 16 heavy (non-hydrogen) atoms. The Hall–Kier alpha value is -1.00. The molecule has 1 rings (SSSR count). The molecule has 4 heteroatoms. The molecule has 0 aliphatic heterocycles. The quantitative estimate of drug-likeness (QED) is 0.776. The van der Waals surface area contributed by atoms with Crippen LogP contribution in [0, 0.1) is 5.92 Å². The fraction of sp³-hybridized carbons (Fsp3) is 0.417. The first kappa shape index (κ1) is 13.1. The van der Waals surface area contributed by atoms with Crippen molar-refractivity contribution in [2.24, 2.45) is 5.92 Å². The van der Waals surface area contributed by atoms with E-state index in [4.69, 9.17) is 5.11 Å². The predicted octanol–water partition coefficient (Wildman–Crippen LogP) is 2.37. The topological polar surface area (TPSA) is 49.3 Å². The normalized spacial score (nSPS) is 12.2. The van der Waals surface area contributed by atoms with Gasteiger partial charge in [0.05, 0.1) is 12.5 Å². The van der Waals surface area contributed by atoms with Gasteiger partial charge in [0.25, 0.3) is 0 Å². The van der Waals surface area contributed by atoms with E-state index >= 15 is 0 Å². The molecule has 0 saturated carbocycles. The Labute approximate surface area is 100 Å². The molecule has 1 unspecified atom stereocenters. The van der Waals surface area contributed by atoms with Gasteiger partial charge in [0.1, 0.15) is 0 Å². The van der Waals surface area contributed by atoms with Crippen LogP contribution >= 0.6 is 11.8 Å². The first-order valence-corrected chi connectivity index (χ1v) is 6.49. The summed E-state index contributed by atoms with van der Waals surface area (Å²) < 4.78 is 0. The Morgan fingerprint density at radius 2 is 2.06 bits per heavy atom. The maximum Gasteiger partial charge on any atom is 0.229 e. The number of aliphatic hydroxyl groups is 1. The summed E-state index contributed by atoms with van der Waals surface area (Å²) in [6.45, 7) is 1.78. The number of rotatable bonds is 5. The van der Waals surface area contributed by atoms with Crippen molar-refractivity contribution in [3.63, 3.8) is 0 Å². The number of carbonyl (C=O) groups is 1. The van der Waals surface area contributed by atoms with Gasteiger partial charge >= 0.3 is 0 Å². The Morgan fingerprint density at radius 1 is 1.44 bits per heavy atom. The van der Waals surface area contributed by atoms with Crippen LogP contribution in [0.2, 0.25) is 0 Å². The van der Waals surface area contributed by atoms with E-state index in [0.717, 1.165) is 10.6 Å². The lowest BCUT2D eigenvalue weighted by molar-refractivity contribution is -0.121. The summed E-state index contributed by atoms with van der Waals surface area (Å²) in [4.78, 5) is 12.8. The van der Waals surface area contributed by atoms with Crippen molar-refractivity contribution in [3.8, 4) is 0 Å². The molecular formula is C12H17NO2S. The summed E-state index contributed by atoms with van der Waals surface area (Å²) >= 11 is 1.66. The van der Waals surface area contributed by atoms with E-state index in [-0.39, 0.29) is 18.4 Å². The first-order chi connectivity index (χ1) is 7.71. The SMILES string of the molecule is CCC(CO)C(=O)Nc1ccc(SC)cc1. The Kier molecular flexibility index (Phi) is 5.35. The monoisotopic (exact) mass is 239 g/mol. The van der Waals surface area contributed by atoms with Gasteiger partial charge in [-0.1, -0.05) is 6.92 Å². The molecule has 0 radical (unpaired) electrons. The van der Waals surface area contributed by atoms with Crippen molar-refractivity contribution < 1.29 is 9.90 Å². The van der Waals surface area contributed by atoms with E-state index in [9.17, 15) is 4.79 Å². The second-order valence-corrected chi connectivity index (χ2v) is 4.39. The number of benzene rings is 1. The second-order valence-electron chi connectivity index (χ2n) is 3.51. The highest BCUT2D eigenvalue weighted by atomic mass is 32.2. The summed E-state index contributed by atoms with van der Waals surface area (Å²) in [6.07, 6.45) is 2.65. The molecule has 0 spiro atoms.